The van der Waals surface area contributed by atoms with Crippen molar-refractivity contribution in [3.63, 3.8) is 0 Å². The van der Waals surface area contributed by atoms with Gasteiger partial charge in [-0.25, -0.2) is 8.42 Å². The first kappa shape index (κ1) is 24.1. The highest BCUT2D eigenvalue weighted by Gasteiger charge is 2.28. The van der Waals surface area contributed by atoms with Crippen LogP contribution in [-0.2, 0) is 21.2 Å². The molecule has 0 aliphatic rings. The largest absolute Gasteiger partial charge is 0.355 e. The summed E-state index contributed by atoms with van der Waals surface area (Å²) in [5, 5.41) is 3.32. The zero-order chi connectivity index (χ0) is 23.1. The van der Waals surface area contributed by atoms with Gasteiger partial charge in [-0.3, -0.25) is 9.10 Å². The van der Waals surface area contributed by atoms with Gasteiger partial charge >= 0.3 is 0 Å². The Kier molecular flexibility index (Phi) is 8.18. The second-order valence-corrected chi connectivity index (χ2v) is 10.1. The molecule has 8 heteroatoms. The van der Waals surface area contributed by atoms with Crippen molar-refractivity contribution in [2.24, 2.45) is 0 Å². The number of aryl methyl sites for hydroxylation is 2. The summed E-state index contributed by atoms with van der Waals surface area (Å²) in [6.45, 7) is 2.07. The summed E-state index contributed by atoms with van der Waals surface area (Å²) in [4.78, 5) is 12.7. The average Bonchev–Trinajstić information content (AvgIpc) is 2.76. The van der Waals surface area contributed by atoms with Gasteiger partial charge < -0.3 is 5.32 Å². The van der Waals surface area contributed by atoms with Gasteiger partial charge in [-0.15, -0.1) is 0 Å². The maximum atomic E-state index is 13.3. The minimum absolute atomic E-state index is 0.0678. The molecule has 0 fully saturated rings. The van der Waals surface area contributed by atoms with E-state index < -0.39 is 22.5 Å². The molecule has 0 radical (unpaired) electrons. The Morgan fingerprint density at radius 1 is 0.969 bits per heavy atom. The normalized spacial score (nSPS) is 11.2. The van der Waals surface area contributed by atoms with Gasteiger partial charge in [-0.2, -0.15) is 0 Å². The Morgan fingerprint density at radius 2 is 1.72 bits per heavy atom. The third kappa shape index (κ3) is 6.25. The van der Waals surface area contributed by atoms with Crippen LogP contribution in [0.25, 0.3) is 0 Å². The highest BCUT2D eigenvalue weighted by atomic mass is 35.5. The van der Waals surface area contributed by atoms with Gasteiger partial charge in [0, 0.05) is 11.6 Å². The van der Waals surface area contributed by atoms with Crippen LogP contribution < -0.4 is 9.62 Å². The fraction of sp³-hybridized carbons (Fsp3) is 0.208. The number of rotatable bonds is 9. The number of nitrogens with one attached hydrogen (secondary N) is 1. The van der Waals surface area contributed by atoms with Crippen molar-refractivity contribution in [3.8, 4) is 0 Å². The molecule has 0 saturated heterocycles. The van der Waals surface area contributed by atoms with Crippen LogP contribution in [0, 0.1) is 6.92 Å². The van der Waals surface area contributed by atoms with Gasteiger partial charge in [0.25, 0.3) is 10.0 Å². The Balaban J connectivity index is 1.73. The van der Waals surface area contributed by atoms with Gasteiger partial charge in [0.15, 0.2) is 0 Å². The molecule has 0 bridgehead atoms. The van der Waals surface area contributed by atoms with E-state index >= 15 is 0 Å². The minimum Gasteiger partial charge on any atom is -0.355 e. The number of hydrogen-bond acceptors (Lipinski definition) is 3. The lowest BCUT2D eigenvalue weighted by Crippen LogP contribution is -2.41. The standard InChI is InChI=1S/C24H24Cl2N2O3S/c1-18-7-5-8-19(15-18)9-6-14-27-24(29)17-28(23-13-12-20(25)16-22(23)26)32(30,31)21-10-3-2-4-11-21/h2-5,7-8,10-13,15-16H,6,9,14,17H2,1H3,(H,27,29). The molecular formula is C24H24Cl2N2O3S. The van der Waals surface area contributed by atoms with Crippen molar-refractivity contribution in [2.75, 3.05) is 17.4 Å². The number of anilines is 1. The molecule has 0 heterocycles. The fourth-order valence-electron chi connectivity index (χ4n) is 3.28. The van der Waals surface area contributed by atoms with Crippen LogP contribution in [0.2, 0.25) is 10.0 Å². The Morgan fingerprint density at radius 3 is 2.41 bits per heavy atom. The maximum Gasteiger partial charge on any atom is 0.264 e. The molecule has 3 aromatic rings. The van der Waals surface area contributed by atoms with E-state index in [-0.39, 0.29) is 15.6 Å². The van der Waals surface area contributed by atoms with Gasteiger partial charge in [-0.05, 0) is 55.7 Å². The summed E-state index contributed by atoms with van der Waals surface area (Å²) in [5.41, 5.74) is 2.57. The van der Waals surface area contributed by atoms with Crippen LogP contribution in [-0.4, -0.2) is 27.4 Å². The monoisotopic (exact) mass is 490 g/mol. The van der Waals surface area contributed by atoms with Crippen LogP contribution in [0.15, 0.2) is 77.7 Å². The smallest absolute Gasteiger partial charge is 0.264 e. The summed E-state index contributed by atoms with van der Waals surface area (Å²) in [5.74, 6) is -0.417. The molecule has 0 aliphatic carbocycles. The zero-order valence-corrected chi connectivity index (χ0v) is 19.9. The molecule has 0 spiro atoms. The number of carbonyl (C=O) groups excluding carboxylic acids is 1. The maximum absolute atomic E-state index is 13.3. The summed E-state index contributed by atoms with van der Waals surface area (Å²) in [7, 11) is -4.02. The first-order valence-electron chi connectivity index (χ1n) is 10.1. The lowest BCUT2D eigenvalue weighted by Gasteiger charge is -2.25. The van der Waals surface area contributed by atoms with Crippen LogP contribution in [0.1, 0.15) is 17.5 Å². The molecule has 0 aromatic heterocycles. The molecule has 0 saturated carbocycles. The quantitative estimate of drug-likeness (QED) is 0.416. The average molecular weight is 491 g/mol. The van der Waals surface area contributed by atoms with Crippen LogP contribution in [0.5, 0.6) is 0 Å². The summed E-state index contributed by atoms with van der Waals surface area (Å²) in [6, 6.07) is 20.6. The summed E-state index contributed by atoms with van der Waals surface area (Å²) >= 11 is 12.3. The van der Waals surface area contributed by atoms with Gasteiger partial charge in [0.1, 0.15) is 6.54 Å². The molecule has 5 nitrogen and oxygen atoms in total. The second-order valence-electron chi connectivity index (χ2n) is 7.36. The van der Waals surface area contributed by atoms with Crippen molar-refractivity contribution in [1.82, 2.24) is 5.32 Å². The van der Waals surface area contributed by atoms with E-state index in [1.54, 1.807) is 18.2 Å². The number of hydrogen-bond donors (Lipinski definition) is 1. The van der Waals surface area contributed by atoms with Crippen molar-refractivity contribution in [3.05, 3.63) is 94.0 Å². The van der Waals surface area contributed by atoms with E-state index in [2.05, 4.69) is 11.4 Å². The molecular weight excluding hydrogens is 467 g/mol. The lowest BCUT2D eigenvalue weighted by molar-refractivity contribution is -0.119. The van der Waals surface area contributed by atoms with Gasteiger partial charge in [-0.1, -0.05) is 71.2 Å². The first-order chi connectivity index (χ1) is 15.3. The lowest BCUT2D eigenvalue weighted by atomic mass is 10.1. The molecule has 0 unspecified atom stereocenters. The van der Waals surface area contributed by atoms with E-state index in [0.717, 1.165) is 17.1 Å². The van der Waals surface area contributed by atoms with Crippen LogP contribution in [0.4, 0.5) is 5.69 Å². The Hall–Kier alpha value is -2.54. The highest BCUT2D eigenvalue weighted by Crippen LogP contribution is 2.32. The second kappa shape index (κ2) is 10.9. The van der Waals surface area contributed by atoms with Crippen molar-refractivity contribution in [2.45, 2.75) is 24.7 Å². The topological polar surface area (TPSA) is 66.5 Å². The van der Waals surface area contributed by atoms with E-state index in [4.69, 9.17) is 23.2 Å². The minimum atomic E-state index is -4.02. The molecule has 1 N–H and O–H groups in total. The summed E-state index contributed by atoms with van der Waals surface area (Å²) in [6.07, 6.45) is 1.55. The zero-order valence-electron chi connectivity index (χ0n) is 17.6. The fourth-order valence-corrected chi connectivity index (χ4v) is 5.30. The molecule has 0 atom stereocenters. The van der Waals surface area contributed by atoms with Gasteiger partial charge in [0.2, 0.25) is 5.91 Å². The van der Waals surface area contributed by atoms with E-state index in [0.29, 0.717) is 11.6 Å². The predicted octanol–water partition coefficient (Wildman–Crippen LogP) is 5.25. The van der Waals surface area contributed by atoms with Crippen molar-refractivity contribution < 1.29 is 13.2 Å². The van der Waals surface area contributed by atoms with E-state index in [1.165, 1.54) is 41.5 Å². The van der Waals surface area contributed by atoms with Crippen LogP contribution >= 0.6 is 23.2 Å². The number of sulfonamides is 1. The van der Waals surface area contributed by atoms with Crippen molar-refractivity contribution >= 4 is 44.8 Å². The summed E-state index contributed by atoms with van der Waals surface area (Å²) < 4.78 is 27.6. The number of nitrogens with zero attached hydrogens (tertiary/aromatic N) is 1. The molecule has 1 amide bonds. The number of benzene rings is 3. The van der Waals surface area contributed by atoms with E-state index in [1.807, 2.05) is 25.1 Å². The molecule has 3 aromatic carbocycles. The van der Waals surface area contributed by atoms with Crippen molar-refractivity contribution in [1.29, 1.82) is 0 Å². The highest BCUT2D eigenvalue weighted by molar-refractivity contribution is 7.92. The Bertz CT molecular complexity index is 1180. The van der Waals surface area contributed by atoms with E-state index in [9.17, 15) is 13.2 Å². The number of carbonyl (C=O) groups is 1. The predicted molar refractivity (Wildman–Crippen MR) is 130 cm³/mol. The Labute approximate surface area is 199 Å². The SMILES string of the molecule is Cc1cccc(CCCNC(=O)CN(c2ccc(Cl)cc2Cl)S(=O)(=O)c2ccccc2)c1. The molecule has 32 heavy (non-hydrogen) atoms. The molecule has 168 valence electrons. The number of amides is 1. The van der Waals surface area contributed by atoms with Gasteiger partial charge in [0.05, 0.1) is 15.6 Å². The van der Waals surface area contributed by atoms with Crippen LogP contribution in [0.3, 0.4) is 0 Å². The third-order valence-electron chi connectivity index (χ3n) is 4.84. The molecule has 3 rings (SSSR count). The molecule has 0 aliphatic heterocycles. The first-order valence-corrected chi connectivity index (χ1v) is 12.3. The third-order valence-corrected chi connectivity index (χ3v) is 7.16. The number of halogens is 2.